The molecule has 14 heavy (non-hydrogen) atoms. The molecule has 1 N–H and O–H groups in total. The fourth-order valence-electron chi connectivity index (χ4n) is 0.683. The van der Waals surface area contributed by atoms with Crippen molar-refractivity contribution in [3.8, 4) is 0 Å². The van der Waals surface area contributed by atoms with E-state index in [1.165, 1.54) is 6.92 Å². The fourth-order valence-corrected chi connectivity index (χ4v) is 0.683. The zero-order valence-corrected chi connectivity index (χ0v) is 8.86. The molecule has 0 heterocycles. The number of hydrogen-bond acceptors (Lipinski definition) is 5. The summed E-state index contributed by atoms with van der Waals surface area (Å²) in [7, 11) is 0. The molecule has 0 aliphatic heterocycles. The molecule has 6 heteroatoms. The molecule has 0 bridgehead atoms. The molecule has 0 aromatic carbocycles. The number of nitro groups is 1. The lowest BCUT2D eigenvalue weighted by molar-refractivity contribution is -0.524. The van der Waals surface area contributed by atoms with E-state index in [1.807, 2.05) is 0 Å². The highest BCUT2D eigenvalue weighted by molar-refractivity contribution is 5.72. The van der Waals surface area contributed by atoms with Crippen LogP contribution in [0.3, 0.4) is 0 Å². The Morgan fingerprint density at radius 3 is 2.43 bits per heavy atom. The highest BCUT2D eigenvalue weighted by Gasteiger charge is 2.18. The summed E-state index contributed by atoms with van der Waals surface area (Å²) in [6, 6.07) is 0. The van der Waals surface area contributed by atoms with Crippen molar-refractivity contribution < 1.29 is 14.5 Å². The molecule has 1 unspecified atom stereocenters. The molecule has 0 saturated carbocycles. The van der Waals surface area contributed by atoms with Crippen LogP contribution < -0.4 is 5.32 Å². The zero-order valence-electron chi connectivity index (χ0n) is 8.86. The van der Waals surface area contributed by atoms with Crippen LogP contribution >= 0.6 is 0 Å². The number of carbonyl (C=O) groups excluding carboxylic acids is 1. The van der Waals surface area contributed by atoms with E-state index in [0.717, 1.165) is 0 Å². The van der Waals surface area contributed by atoms with E-state index in [1.54, 1.807) is 20.8 Å². The molecule has 0 radical (unpaired) electrons. The number of esters is 1. The maximum atomic E-state index is 11.1. The molecule has 0 saturated heterocycles. The topological polar surface area (TPSA) is 81.5 Å². The van der Waals surface area contributed by atoms with E-state index in [9.17, 15) is 14.9 Å². The lowest BCUT2D eigenvalue weighted by Gasteiger charge is -2.19. The molecule has 0 aliphatic carbocycles. The van der Waals surface area contributed by atoms with Gasteiger partial charge in [-0.05, 0) is 20.8 Å². The average molecular weight is 204 g/mol. The summed E-state index contributed by atoms with van der Waals surface area (Å²) < 4.78 is 4.94. The first-order valence-electron chi connectivity index (χ1n) is 4.31. The predicted molar refractivity (Wildman–Crippen MR) is 50.3 cm³/mol. The van der Waals surface area contributed by atoms with Gasteiger partial charge >= 0.3 is 5.97 Å². The first-order chi connectivity index (χ1) is 6.22. The predicted octanol–water partition coefficient (Wildman–Crippen LogP) is 0.540. The Hall–Kier alpha value is -1.17. The van der Waals surface area contributed by atoms with Crippen molar-refractivity contribution in [2.24, 2.45) is 0 Å². The van der Waals surface area contributed by atoms with Gasteiger partial charge in [-0.1, -0.05) is 0 Å². The normalized spacial score (nSPS) is 13.4. The summed E-state index contributed by atoms with van der Waals surface area (Å²) in [6.07, 6.45) is -0.942. The number of nitrogens with one attached hydrogen (secondary N) is 1. The minimum atomic E-state index is -0.942. The lowest BCUT2D eigenvalue weighted by Crippen LogP contribution is -2.39. The Bertz CT molecular complexity index is 222. The Labute approximate surface area is 82.8 Å². The third-order valence-electron chi connectivity index (χ3n) is 1.28. The molecular weight excluding hydrogens is 188 g/mol. The van der Waals surface area contributed by atoms with Crippen LogP contribution in [-0.4, -0.2) is 29.2 Å². The van der Waals surface area contributed by atoms with Crippen LogP contribution in [0.5, 0.6) is 0 Å². The second-order valence-corrected chi connectivity index (χ2v) is 3.93. The van der Waals surface area contributed by atoms with E-state index < -0.39 is 22.7 Å². The molecule has 0 fully saturated rings. The van der Waals surface area contributed by atoms with Crippen LogP contribution in [0, 0.1) is 10.1 Å². The van der Waals surface area contributed by atoms with Crippen LogP contribution in [-0.2, 0) is 9.53 Å². The number of carbonyl (C=O) groups is 1. The van der Waals surface area contributed by atoms with Gasteiger partial charge in [-0.25, -0.2) is 5.32 Å². The summed E-state index contributed by atoms with van der Waals surface area (Å²) >= 11 is 0. The summed E-state index contributed by atoms with van der Waals surface area (Å²) in [6.45, 7) is 6.43. The van der Waals surface area contributed by atoms with Crippen molar-refractivity contribution >= 4 is 5.97 Å². The Balaban J connectivity index is 3.81. The van der Waals surface area contributed by atoms with Crippen LogP contribution in [0.1, 0.15) is 27.7 Å². The van der Waals surface area contributed by atoms with Gasteiger partial charge in [-0.3, -0.25) is 14.9 Å². The van der Waals surface area contributed by atoms with Gasteiger partial charge in [0.25, 0.3) is 6.17 Å². The van der Waals surface area contributed by atoms with E-state index in [0.29, 0.717) is 0 Å². The van der Waals surface area contributed by atoms with Crippen molar-refractivity contribution in [1.29, 1.82) is 0 Å². The van der Waals surface area contributed by atoms with E-state index in [4.69, 9.17) is 4.74 Å². The second-order valence-electron chi connectivity index (χ2n) is 3.93. The van der Waals surface area contributed by atoms with Crippen molar-refractivity contribution in [2.75, 3.05) is 6.54 Å². The monoisotopic (exact) mass is 204 g/mol. The second kappa shape index (κ2) is 4.90. The molecule has 0 spiro atoms. The third kappa shape index (κ3) is 6.36. The van der Waals surface area contributed by atoms with Gasteiger partial charge in [0.15, 0.2) is 0 Å². The van der Waals surface area contributed by atoms with E-state index >= 15 is 0 Å². The van der Waals surface area contributed by atoms with Crippen LogP contribution in [0.15, 0.2) is 0 Å². The molecule has 0 aromatic heterocycles. The summed E-state index contributed by atoms with van der Waals surface area (Å²) in [5, 5.41) is 12.6. The van der Waals surface area contributed by atoms with Gasteiger partial charge in [0, 0.05) is 11.8 Å². The molecule has 0 amide bonds. The Morgan fingerprint density at radius 1 is 1.57 bits per heavy atom. The number of hydrogen-bond donors (Lipinski definition) is 1. The maximum Gasteiger partial charge on any atom is 0.320 e. The molecule has 1 atom stereocenters. The molecule has 82 valence electrons. The van der Waals surface area contributed by atoms with Crippen molar-refractivity contribution in [2.45, 2.75) is 39.5 Å². The van der Waals surface area contributed by atoms with Crippen LogP contribution in [0.4, 0.5) is 0 Å². The molecule has 0 aromatic rings. The third-order valence-corrected chi connectivity index (χ3v) is 1.28. The van der Waals surface area contributed by atoms with Crippen molar-refractivity contribution in [1.82, 2.24) is 5.32 Å². The largest absolute Gasteiger partial charge is 0.459 e. The summed E-state index contributed by atoms with van der Waals surface area (Å²) in [5.74, 6) is -0.494. The maximum absolute atomic E-state index is 11.1. The van der Waals surface area contributed by atoms with Gasteiger partial charge < -0.3 is 4.74 Å². The quantitative estimate of drug-likeness (QED) is 0.313. The number of rotatable bonds is 4. The SMILES string of the molecule is CC(NCC(=O)OC(C)(C)C)[N+](=O)[O-]. The van der Waals surface area contributed by atoms with E-state index in [2.05, 4.69) is 5.32 Å². The van der Waals surface area contributed by atoms with Crippen molar-refractivity contribution in [3.63, 3.8) is 0 Å². The van der Waals surface area contributed by atoms with Gasteiger partial charge in [0.1, 0.15) is 5.60 Å². The van der Waals surface area contributed by atoms with Gasteiger partial charge in [0.2, 0.25) is 0 Å². The first-order valence-corrected chi connectivity index (χ1v) is 4.31. The molecule has 6 nitrogen and oxygen atoms in total. The Kier molecular flexibility index (Phi) is 4.49. The van der Waals surface area contributed by atoms with Gasteiger partial charge in [-0.2, -0.15) is 0 Å². The standard InChI is InChI=1S/C8H16N2O4/c1-6(10(12)13)9-5-7(11)14-8(2,3)4/h6,9H,5H2,1-4H3. The minimum Gasteiger partial charge on any atom is -0.459 e. The van der Waals surface area contributed by atoms with E-state index in [-0.39, 0.29) is 6.54 Å². The molecule has 0 rings (SSSR count). The smallest absolute Gasteiger partial charge is 0.320 e. The van der Waals surface area contributed by atoms with Crippen LogP contribution in [0.25, 0.3) is 0 Å². The number of ether oxygens (including phenoxy) is 1. The van der Waals surface area contributed by atoms with Crippen molar-refractivity contribution in [3.05, 3.63) is 10.1 Å². The zero-order chi connectivity index (χ0) is 11.4. The summed E-state index contributed by atoms with van der Waals surface area (Å²) in [4.78, 5) is 20.8. The highest BCUT2D eigenvalue weighted by Crippen LogP contribution is 2.06. The molecular formula is C8H16N2O4. The number of nitrogens with zero attached hydrogens (tertiary/aromatic N) is 1. The first kappa shape index (κ1) is 12.8. The van der Waals surface area contributed by atoms with Gasteiger partial charge in [-0.15, -0.1) is 0 Å². The van der Waals surface area contributed by atoms with Crippen LogP contribution in [0.2, 0.25) is 0 Å². The van der Waals surface area contributed by atoms with Gasteiger partial charge in [0.05, 0.1) is 6.54 Å². The average Bonchev–Trinajstić information content (AvgIpc) is 1.96. The minimum absolute atomic E-state index is 0.153. The Morgan fingerprint density at radius 2 is 2.07 bits per heavy atom. The molecule has 0 aliphatic rings. The highest BCUT2D eigenvalue weighted by atomic mass is 16.6. The fraction of sp³-hybridized carbons (Fsp3) is 0.875. The lowest BCUT2D eigenvalue weighted by atomic mass is 10.2. The summed E-state index contributed by atoms with van der Waals surface area (Å²) in [5.41, 5.74) is -0.559.